The topological polar surface area (TPSA) is 41.5 Å². The van der Waals surface area contributed by atoms with Crippen molar-refractivity contribution in [2.75, 3.05) is 44.8 Å². The predicted octanol–water partition coefficient (Wildman–Crippen LogP) is 2.82. The van der Waals surface area contributed by atoms with Gasteiger partial charge in [-0.05, 0) is 39.8 Å². The summed E-state index contributed by atoms with van der Waals surface area (Å²) in [5, 5.41) is 1.05. The zero-order valence-corrected chi connectivity index (χ0v) is 15.1. The summed E-state index contributed by atoms with van der Waals surface area (Å²) in [6, 6.07) is 0.454. The Morgan fingerprint density at radius 3 is 2.59 bits per heavy atom. The van der Waals surface area contributed by atoms with Crippen LogP contribution in [0.15, 0.2) is 0 Å². The van der Waals surface area contributed by atoms with E-state index < -0.39 is 0 Å². The summed E-state index contributed by atoms with van der Waals surface area (Å²) in [5.74, 6) is 0.905. The molecule has 0 spiro atoms. The minimum Gasteiger partial charge on any atom is -0.384 e. The third-order valence-corrected chi connectivity index (χ3v) is 5.00. The molecule has 0 aliphatic carbocycles. The highest BCUT2D eigenvalue weighted by Crippen LogP contribution is 2.20. The fraction of sp³-hybridized carbons (Fsp3) is 0.875. The second-order valence-corrected chi connectivity index (χ2v) is 7.01. The average Bonchev–Trinajstić information content (AvgIpc) is 2.80. The highest BCUT2D eigenvalue weighted by atomic mass is 32.1. The van der Waals surface area contributed by atoms with Crippen molar-refractivity contribution in [3.05, 3.63) is 5.82 Å². The molecular weight excluding hydrogens is 296 g/mol. The van der Waals surface area contributed by atoms with Crippen LogP contribution >= 0.6 is 11.5 Å². The van der Waals surface area contributed by atoms with E-state index >= 15 is 0 Å². The van der Waals surface area contributed by atoms with Crippen LogP contribution in [0, 0.1) is 0 Å². The molecule has 22 heavy (non-hydrogen) atoms. The van der Waals surface area contributed by atoms with Gasteiger partial charge in [-0.3, -0.25) is 0 Å². The SMILES string of the molecule is COCCc1nsc(N(CCN2CCCCCC2)C(C)C)n1. The van der Waals surface area contributed by atoms with Crippen LogP contribution < -0.4 is 4.90 Å². The van der Waals surface area contributed by atoms with Crippen LogP contribution in [0.5, 0.6) is 0 Å². The lowest BCUT2D eigenvalue weighted by molar-refractivity contribution is 0.201. The third-order valence-electron chi connectivity index (χ3n) is 4.21. The molecule has 0 radical (unpaired) electrons. The average molecular weight is 327 g/mol. The minimum atomic E-state index is 0.454. The van der Waals surface area contributed by atoms with Crippen molar-refractivity contribution >= 4 is 16.7 Å². The molecule has 0 N–H and O–H groups in total. The number of anilines is 1. The molecule has 1 aromatic rings. The molecule has 6 heteroatoms. The Morgan fingerprint density at radius 2 is 1.95 bits per heavy atom. The first-order valence-corrected chi connectivity index (χ1v) is 9.28. The smallest absolute Gasteiger partial charge is 0.205 e. The summed E-state index contributed by atoms with van der Waals surface area (Å²) in [6.07, 6.45) is 6.28. The van der Waals surface area contributed by atoms with Gasteiger partial charge >= 0.3 is 0 Å². The van der Waals surface area contributed by atoms with Crippen LogP contribution in [0.2, 0.25) is 0 Å². The van der Waals surface area contributed by atoms with Crippen molar-refractivity contribution < 1.29 is 4.74 Å². The number of hydrogen-bond donors (Lipinski definition) is 0. The second-order valence-electron chi connectivity index (χ2n) is 6.28. The summed E-state index contributed by atoms with van der Waals surface area (Å²) >= 11 is 1.52. The van der Waals surface area contributed by atoms with Crippen LogP contribution in [-0.4, -0.2) is 60.2 Å². The quantitative estimate of drug-likeness (QED) is 0.735. The largest absolute Gasteiger partial charge is 0.384 e. The van der Waals surface area contributed by atoms with E-state index in [4.69, 9.17) is 4.74 Å². The maximum atomic E-state index is 5.11. The standard InChI is InChI=1S/C16H30N4OS/c1-14(2)20(12-11-19-9-6-4-5-7-10-19)16-17-15(18-22-16)8-13-21-3/h14H,4-13H2,1-3H3. The molecule has 0 unspecified atom stereocenters. The van der Waals surface area contributed by atoms with Crippen molar-refractivity contribution in [2.24, 2.45) is 0 Å². The van der Waals surface area contributed by atoms with Crippen LogP contribution in [0.25, 0.3) is 0 Å². The van der Waals surface area contributed by atoms with Crippen LogP contribution in [-0.2, 0) is 11.2 Å². The summed E-state index contributed by atoms with van der Waals surface area (Å²) < 4.78 is 9.57. The molecule has 0 bridgehead atoms. The van der Waals surface area contributed by atoms with Gasteiger partial charge in [-0.1, -0.05) is 12.8 Å². The number of aromatic nitrogens is 2. The van der Waals surface area contributed by atoms with Gasteiger partial charge in [0.2, 0.25) is 5.13 Å². The molecule has 1 fully saturated rings. The molecule has 0 amide bonds. The predicted molar refractivity (Wildman–Crippen MR) is 92.9 cm³/mol. The van der Waals surface area contributed by atoms with E-state index in [-0.39, 0.29) is 0 Å². The van der Waals surface area contributed by atoms with Crippen molar-refractivity contribution in [1.29, 1.82) is 0 Å². The zero-order chi connectivity index (χ0) is 15.8. The molecule has 1 aromatic heterocycles. The molecule has 2 rings (SSSR count). The molecule has 5 nitrogen and oxygen atoms in total. The van der Waals surface area contributed by atoms with Crippen molar-refractivity contribution in [3.63, 3.8) is 0 Å². The molecule has 1 saturated heterocycles. The number of likely N-dealkylation sites (tertiary alicyclic amines) is 1. The zero-order valence-electron chi connectivity index (χ0n) is 14.3. The lowest BCUT2D eigenvalue weighted by Crippen LogP contribution is -2.39. The third kappa shape index (κ3) is 5.48. The van der Waals surface area contributed by atoms with E-state index in [2.05, 4.69) is 33.0 Å². The summed E-state index contributed by atoms with van der Waals surface area (Å²) in [6.45, 7) is 9.83. The van der Waals surface area contributed by atoms with E-state index in [0.717, 1.165) is 30.5 Å². The van der Waals surface area contributed by atoms with Crippen LogP contribution in [0.3, 0.4) is 0 Å². The Bertz CT molecular complexity index is 416. The first-order chi connectivity index (χ1) is 10.7. The van der Waals surface area contributed by atoms with Crippen molar-refractivity contribution in [3.8, 4) is 0 Å². The highest BCUT2D eigenvalue weighted by Gasteiger charge is 2.17. The first-order valence-electron chi connectivity index (χ1n) is 8.51. The van der Waals surface area contributed by atoms with Crippen LogP contribution in [0.1, 0.15) is 45.4 Å². The van der Waals surface area contributed by atoms with E-state index in [0.29, 0.717) is 12.6 Å². The lowest BCUT2D eigenvalue weighted by atomic mass is 10.2. The van der Waals surface area contributed by atoms with Crippen molar-refractivity contribution in [2.45, 2.75) is 52.0 Å². The minimum absolute atomic E-state index is 0.454. The Morgan fingerprint density at radius 1 is 1.23 bits per heavy atom. The monoisotopic (exact) mass is 326 g/mol. The maximum absolute atomic E-state index is 5.11. The fourth-order valence-corrected chi connectivity index (χ4v) is 3.71. The number of rotatable bonds is 8. The summed E-state index contributed by atoms with van der Waals surface area (Å²) in [7, 11) is 1.72. The van der Waals surface area contributed by atoms with Gasteiger partial charge in [0, 0.05) is 44.2 Å². The molecule has 0 aromatic carbocycles. The Hall–Kier alpha value is -0.720. The normalized spacial score (nSPS) is 16.9. The van der Waals surface area contributed by atoms with Gasteiger partial charge in [0.1, 0.15) is 5.82 Å². The summed E-state index contributed by atoms with van der Waals surface area (Å²) in [4.78, 5) is 9.68. The van der Waals surface area contributed by atoms with Crippen LogP contribution in [0.4, 0.5) is 5.13 Å². The summed E-state index contributed by atoms with van der Waals surface area (Å²) in [5.41, 5.74) is 0. The highest BCUT2D eigenvalue weighted by molar-refractivity contribution is 7.09. The number of hydrogen-bond acceptors (Lipinski definition) is 6. The fourth-order valence-electron chi connectivity index (χ4n) is 2.84. The first kappa shape index (κ1) is 17.6. The Kier molecular flexibility index (Phi) is 7.55. The maximum Gasteiger partial charge on any atom is 0.205 e. The molecule has 1 aliphatic heterocycles. The van der Waals surface area contributed by atoms with E-state index in [1.54, 1.807) is 7.11 Å². The Labute approximate surface area is 138 Å². The Balaban J connectivity index is 1.89. The molecule has 0 atom stereocenters. The molecule has 0 saturated carbocycles. The molecular formula is C16H30N4OS. The number of nitrogens with zero attached hydrogens (tertiary/aromatic N) is 4. The number of ether oxygens (including phenoxy) is 1. The molecule has 1 aliphatic rings. The second kappa shape index (κ2) is 9.43. The van der Waals surface area contributed by atoms with Gasteiger partial charge in [-0.2, -0.15) is 4.37 Å². The molecule has 126 valence electrons. The van der Waals surface area contributed by atoms with Gasteiger partial charge in [0.15, 0.2) is 0 Å². The van der Waals surface area contributed by atoms with Gasteiger partial charge in [-0.25, -0.2) is 4.98 Å². The van der Waals surface area contributed by atoms with Gasteiger partial charge in [0.05, 0.1) is 6.61 Å². The number of methoxy groups -OCH3 is 1. The van der Waals surface area contributed by atoms with Gasteiger partial charge in [0.25, 0.3) is 0 Å². The lowest BCUT2D eigenvalue weighted by Gasteiger charge is -2.29. The van der Waals surface area contributed by atoms with Gasteiger partial charge in [-0.15, -0.1) is 0 Å². The van der Waals surface area contributed by atoms with E-state index in [1.807, 2.05) is 0 Å². The van der Waals surface area contributed by atoms with E-state index in [9.17, 15) is 0 Å². The van der Waals surface area contributed by atoms with Crippen molar-refractivity contribution in [1.82, 2.24) is 14.3 Å². The molecule has 2 heterocycles. The van der Waals surface area contributed by atoms with E-state index in [1.165, 1.54) is 50.3 Å². The van der Waals surface area contributed by atoms with Gasteiger partial charge < -0.3 is 14.5 Å².